The molecule has 2 aromatic rings. The highest BCUT2D eigenvalue weighted by Gasteiger charge is 2.33. The van der Waals surface area contributed by atoms with E-state index >= 15 is 0 Å². The highest BCUT2D eigenvalue weighted by molar-refractivity contribution is 5.89. The van der Waals surface area contributed by atoms with Gasteiger partial charge >= 0.3 is 0 Å². The maximum absolute atomic E-state index is 13.4. The number of carbonyl (C=O) groups is 2. The average Bonchev–Trinajstić information content (AvgIpc) is 3.27. The van der Waals surface area contributed by atoms with E-state index in [1.807, 2.05) is 44.2 Å². The molecule has 160 valence electrons. The minimum atomic E-state index is -0.785. The van der Waals surface area contributed by atoms with Crippen LogP contribution in [0.4, 0.5) is 4.39 Å². The van der Waals surface area contributed by atoms with Crippen LogP contribution in [-0.2, 0) is 20.9 Å². The number of hydrogen-bond donors (Lipinski definition) is 1. The Kier molecular flexibility index (Phi) is 7.57. The molecule has 3 rings (SSSR count). The molecule has 30 heavy (non-hydrogen) atoms. The van der Waals surface area contributed by atoms with E-state index in [1.54, 1.807) is 17.0 Å². The number of ether oxygens (including phenoxy) is 1. The van der Waals surface area contributed by atoms with Crippen molar-refractivity contribution in [1.82, 2.24) is 10.2 Å². The van der Waals surface area contributed by atoms with E-state index in [0.29, 0.717) is 13.2 Å². The fourth-order valence-corrected chi connectivity index (χ4v) is 3.64. The van der Waals surface area contributed by atoms with Crippen molar-refractivity contribution in [1.29, 1.82) is 0 Å². The molecule has 0 spiro atoms. The van der Waals surface area contributed by atoms with Crippen molar-refractivity contribution >= 4 is 11.8 Å². The Hall–Kier alpha value is -2.73. The van der Waals surface area contributed by atoms with Gasteiger partial charge in [-0.3, -0.25) is 9.59 Å². The van der Waals surface area contributed by atoms with Gasteiger partial charge in [-0.2, -0.15) is 0 Å². The van der Waals surface area contributed by atoms with E-state index in [1.165, 1.54) is 12.1 Å². The van der Waals surface area contributed by atoms with Crippen LogP contribution in [0.15, 0.2) is 54.6 Å². The van der Waals surface area contributed by atoms with Gasteiger partial charge in [0, 0.05) is 25.6 Å². The standard InChI is InChI=1S/C24H29FN2O3/c1-17(2)24(29)27(16-18-10-12-20(25)13-11-18)22(19-7-4-3-5-8-19)23(28)26-15-21-9-6-14-30-21/h3-5,7-8,10-13,17,21-22H,6,9,14-16H2,1-2H3,(H,26,28)/t21-,22+/m0/s1. The molecule has 2 atom stereocenters. The maximum Gasteiger partial charge on any atom is 0.247 e. The largest absolute Gasteiger partial charge is 0.376 e. The van der Waals surface area contributed by atoms with Crippen molar-refractivity contribution in [3.63, 3.8) is 0 Å². The molecular formula is C24H29FN2O3. The highest BCUT2D eigenvalue weighted by Crippen LogP contribution is 2.26. The molecule has 0 aliphatic carbocycles. The molecule has 1 heterocycles. The second kappa shape index (κ2) is 10.3. The summed E-state index contributed by atoms with van der Waals surface area (Å²) in [6.07, 6.45) is 1.92. The lowest BCUT2D eigenvalue weighted by Crippen LogP contribution is -2.46. The topological polar surface area (TPSA) is 58.6 Å². The van der Waals surface area contributed by atoms with Gasteiger partial charge in [-0.05, 0) is 36.1 Å². The Bertz CT molecular complexity index is 833. The number of halogens is 1. The third kappa shape index (κ3) is 5.66. The average molecular weight is 413 g/mol. The van der Waals surface area contributed by atoms with E-state index in [0.717, 1.165) is 24.0 Å². The molecule has 6 heteroatoms. The first-order valence-electron chi connectivity index (χ1n) is 10.4. The van der Waals surface area contributed by atoms with Gasteiger partial charge in [0.05, 0.1) is 6.10 Å². The summed E-state index contributed by atoms with van der Waals surface area (Å²) in [5.41, 5.74) is 1.50. The van der Waals surface area contributed by atoms with Crippen molar-refractivity contribution < 1.29 is 18.7 Å². The summed E-state index contributed by atoms with van der Waals surface area (Å²) < 4.78 is 19.0. The van der Waals surface area contributed by atoms with Gasteiger partial charge in [-0.1, -0.05) is 56.3 Å². The third-order valence-corrected chi connectivity index (χ3v) is 5.25. The molecule has 1 saturated heterocycles. The van der Waals surface area contributed by atoms with Crippen LogP contribution in [0.2, 0.25) is 0 Å². The zero-order valence-corrected chi connectivity index (χ0v) is 17.5. The summed E-state index contributed by atoms with van der Waals surface area (Å²) >= 11 is 0. The van der Waals surface area contributed by atoms with E-state index < -0.39 is 6.04 Å². The Morgan fingerprint density at radius 1 is 1.13 bits per heavy atom. The smallest absolute Gasteiger partial charge is 0.247 e. The van der Waals surface area contributed by atoms with Crippen LogP contribution in [0, 0.1) is 11.7 Å². The van der Waals surface area contributed by atoms with E-state index in [-0.39, 0.29) is 36.2 Å². The number of nitrogens with zero attached hydrogens (tertiary/aromatic N) is 1. The predicted octanol–water partition coefficient (Wildman–Crippen LogP) is 3.85. The van der Waals surface area contributed by atoms with Gasteiger partial charge in [-0.15, -0.1) is 0 Å². The zero-order chi connectivity index (χ0) is 21.5. The molecule has 1 aliphatic rings. The lowest BCUT2D eigenvalue weighted by atomic mass is 10.0. The van der Waals surface area contributed by atoms with Crippen molar-refractivity contribution in [2.45, 2.75) is 45.4 Å². The summed E-state index contributed by atoms with van der Waals surface area (Å²) in [6.45, 7) is 4.97. The van der Waals surface area contributed by atoms with Crippen molar-refractivity contribution in [3.05, 3.63) is 71.5 Å². The second-order valence-electron chi connectivity index (χ2n) is 7.94. The molecular weight excluding hydrogens is 383 g/mol. The van der Waals surface area contributed by atoms with Gasteiger partial charge in [0.15, 0.2) is 0 Å². The highest BCUT2D eigenvalue weighted by atomic mass is 19.1. The van der Waals surface area contributed by atoms with Crippen LogP contribution in [0.3, 0.4) is 0 Å². The van der Waals surface area contributed by atoms with Crippen LogP contribution in [0.5, 0.6) is 0 Å². The van der Waals surface area contributed by atoms with Gasteiger partial charge in [0.2, 0.25) is 11.8 Å². The fourth-order valence-electron chi connectivity index (χ4n) is 3.64. The van der Waals surface area contributed by atoms with E-state index in [4.69, 9.17) is 4.74 Å². The van der Waals surface area contributed by atoms with Crippen LogP contribution < -0.4 is 5.32 Å². The number of nitrogens with one attached hydrogen (secondary N) is 1. The second-order valence-corrected chi connectivity index (χ2v) is 7.94. The number of rotatable bonds is 8. The first-order chi connectivity index (χ1) is 14.5. The minimum Gasteiger partial charge on any atom is -0.376 e. The fraction of sp³-hybridized carbons (Fsp3) is 0.417. The number of carbonyl (C=O) groups excluding carboxylic acids is 2. The first kappa shape index (κ1) is 22.0. The molecule has 5 nitrogen and oxygen atoms in total. The lowest BCUT2D eigenvalue weighted by molar-refractivity contribution is -0.144. The van der Waals surface area contributed by atoms with Crippen molar-refractivity contribution in [3.8, 4) is 0 Å². The van der Waals surface area contributed by atoms with Gasteiger partial charge < -0.3 is 15.0 Å². The van der Waals surface area contributed by atoms with Crippen LogP contribution in [-0.4, -0.2) is 36.0 Å². The number of benzene rings is 2. The van der Waals surface area contributed by atoms with Crippen LogP contribution in [0.1, 0.15) is 43.9 Å². The van der Waals surface area contributed by atoms with Crippen molar-refractivity contribution in [2.24, 2.45) is 5.92 Å². The Morgan fingerprint density at radius 2 is 1.83 bits per heavy atom. The molecule has 0 aromatic heterocycles. The van der Waals surface area contributed by atoms with E-state index in [9.17, 15) is 14.0 Å². The van der Waals surface area contributed by atoms with Crippen molar-refractivity contribution in [2.75, 3.05) is 13.2 Å². The molecule has 2 amide bonds. The van der Waals surface area contributed by atoms with Gasteiger partial charge in [0.25, 0.3) is 0 Å². The molecule has 0 radical (unpaired) electrons. The maximum atomic E-state index is 13.4. The molecule has 2 aromatic carbocycles. The number of amides is 2. The normalized spacial score (nSPS) is 17.0. The minimum absolute atomic E-state index is 0.0109. The van der Waals surface area contributed by atoms with Crippen LogP contribution in [0.25, 0.3) is 0 Å². The summed E-state index contributed by atoms with van der Waals surface area (Å²) in [6, 6.07) is 14.5. The zero-order valence-electron chi connectivity index (χ0n) is 17.5. The lowest BCUT2D eigenvalue weighted by Gasteiger charge is -2.33. The molecule has 0 saturated carbocycles. The predicted molar refractivity (Wildman–Crippen MR) is 113 cm³/mol. The Labute approximate surface area is 177 Å². The summed E-state index contributed by atoms with van der Waals surface area (Å²) in [4.78, 5) is 28.0. The van der Waals surface area contributed by atoms with Gasteiger partial charge in [0.1, 0.15) is 11.9 Å². The SMILES string of the molecule is CC(C)C(=O)N(Cc1ccc(F)cc1)[C@@H](C(=O)NC[C@@H]1CCCO1)c1ccccc1. The summed E-state index contributed by atoms with van der Waals surface area (Å²) in [5, 5.41) is 2.97. The third-order valence-electron chi connectivity index (χ3n) is 5.25. The molecule has 1 aliphatic heterocycles. The van der Waals surface area contributed by atoms with E-state index in [2.05, 4.69) is 5.32 Å². The number of hydrogen-bond acceptors (Lipinski definition) is 3. The molecule has 0 bridgehead atoms. The van der Waals surface area contributed by atoms with Crippen LogP contribution >= 0.6 is 0 Å². The summed E-state index contributed by atoms with van der Waals surface area (Å²) in [7, 11) is 0. The molecule has 0 unspecified atom stereocenters. The monoisotopic (exact) mass is 412 g/mol. The first-order valence-corrected chi connectivity index (χ1v) is 10.4. The Morgan fingerprint density at radius 3 is 2.43 bits per heavy atom. The quantitative estimate of drug-likeness (QED) is 0.717. The molecule has 1 N–H and O–H groups in total. The molecule has 1 fully saturated rings. The summed E-state index contributed by atoms with van der Waals surface area (Å²) in [5.74, 6) is -1.01. The Balaban J connectivity index is 1.89. The van der Waals surface area contributed by atoms with Gasteiger partial charge in [-0.25, -0.2) is 4.39 Å².